The topological polar surface area (TPSA) is 67.2 Å². The van der Waals surface area contributed by atoms with E-state index in [2.05, 4.69) is 15.8 Å². The lowest BCUT2D eigenvalue weighted by atomic mass is 10.4. The molecule has 0 saturated carbocycles. The Labute approximate surface area is 82.8 Å². The Morgan fingerprint density at radius 1 is 1.64 bits per heavy atom. The highest BCUT2D eigenvalue weighted by atomic mass is 16.5. The maximum Gasteiger partial charge on any atom is 0.233 e. The molecule has 1 aromatic heterocycles. The summed E-state index contributed by atoms with van der Waals surface area (Å²) in [6, 6.07) is 1.84. The van der Waals surface area contributed by atoms with Crippen LogP contribution in [-0.4, -0.2) is 24.2 Å². The second-order valence-electron chi connectivity index (χ2n) is 2.99. The standard InChI is InChI=1S/C9H15N3O2/c1-3-11-9(13)6-10-5-8-4-7(2)12-14-8/h4,10H,3,5-6H2,1-2H3,(H,11,13). The highest BCUT2D eigenvalue weighted by Gasteiger charge is 2.01. The van der Waals surface area contributed by atoms with Gasteiger partial charge in [0, 0.05) is 12.6 Å². The lowest BCUT2D eigenvalue weighted by Crippen LogP contribution is -2.33. The summed E-state index contributed by atoms with van der Waals surface area (Å²) in [5.74, 6) is 0.732. The maximum atomic E-state index is 11.0. The Morgan fingerprint density at radius 2 is 2.43 bits per heavy atom. The Morgan fingerprint density at radius 3 is 3.00 bits per heavy atom. The van der Waals surface area contributed by atoms with Crippen LogP contribution in [0.4, 0.5) is 0 Å². The van der Waals surface area contributed by atoms with Crippen molar-refractivity contribution >= 4 is 5.91 Å². The monoisotopic (exact) mass is 197 g/mol. The number of carbonyl (C=O) groups is 1. The minimum Gasteiger partial charge on any atom is -0.360 e. The number of likely N-dealkylation sites (N-methyl/N-ethyl adjacent to an activating group) is 1. The van der Waals surface area contributed by atoms with Crippen LogP contribution in [-0.2, 0) is 11.3 Å². The first kappa shape index (κ1) is 10.7. The molecular weight excluding hydrogens is 182 g/mol. The van der Waals surface area contributed by atoms with E-state index in [0.29, 0.717) is 19.6 Å². The summed E-state index contributed by atoms with van der Waals surface area (Å²) in [5.41, 5.74) is 0.847. The number of nitrogens with zero attached hydrogens (tertiary/aromatic N) is 1. The summed E-state index contributed by atoms with van der Waals surface area (Å²) < 4.78 is 4.96. The van der Waals surface area contributed by atoms with E-state index < -0.39 is 0 Å². The van der Waals surface area contributed by atoms with Crippen LogP contribution in [0.15, 0.2) is 10.6 Å². The molecule has 0 aliphatic heterocycles. The van der Waals surface area contributed by atoms with Crippen LogP contribution in [0.2, 0.25) is 0 Å². The van der Waals surface area contributed by atoms with Crippen molar-refractivity contribution in [3.8, 4) is 0 Å². The normalized spacial score (nSPS) is 10.1. The van der Waals surface area contributed by atoms with Gasteiger partial charge in [-0.1, -0.05) is 5.16 Å². The fourth-order valence-electron chi connectivity index (χ4n) is 1.06. The quantitative estimate of drug-likeness (QED) is 0.708. The molecular formula is C9H15N3O2. The molecule has 0 bridgehead atoms. The Hall–Kier alpha value is -1.36. The Bertz CT molecular complexity index is 296. The van der Waals surface area contributed by atoms with Gasteiger partial charge in [-0.05, 0) is 13.8 Å². The van der Waals surface area contributed by atoms with Gasteiger partial charge >= 0.3 is 0 Å². The van der Waals surface area contributed by atoms with Gasteiger partial charge in [-0.3, -0.25) is 4.79 Å². The number of carbonyl (C=O) groups excluding carboxylic acids is 1. The Balaban J connectivity index is 2.18. The fraction of sp³-hybridized carbons (Fsp3) is 0.556. The molecule has 0 spiro atoms. The van der Waals surface area contributed by atoms with E-state index in [4.69, 9.17) is 4.52 Å². The van der Waals surface area contributed by atoms with E-state index in [-0.39, 0.29) is 5.91 Å². The van der Waals surface area contributed by atoms with Crippen molar-refractivity contribution in [1.29, 1.82) is 0 Å². The van der Waals surface area contributed by atoms with E-state index in [1.54, 1.807) is 0 Å². The predicted octanol–water partition coefficient (Wildman–Crippen LogP) is 0.209. The van der Waals surface area contributed by atoms with Crippen molar-refractivity contribution in [3.63, 3.8) is 0 Å². The molecule has 0 aromatic carbocycles. The third-order valence-electron chi connectivity index (χ3n) is 1.64. The van der Waals surface area contributed by atoms with E-state index in [9.17, 15) is 4.79 Å². The van der Waals surface area contributed by atoms with Crippen molar-refractivity contribution in [2.24, 2.45) is 0 Å². The summed E-state index contributed by atoms with van der Waals surface area (Å²) in [4.78, 5) is 11.0. The molecule has 0 radical (unpaired) electrons. The number of rotatable bonds is 5. The molecule has 0 unspecified atom stereocenters. The van der Waals surface area contributed by atoms with Gasteiger partial charge in [0.15, 0.2) is 5.76 Å². The summed E-state index contributed by atoms with van der Waals surface area (Å²) in [6.45, 7) is 5.22. The summed E-state index contributed by atoms with van der Waals surface area (Å²) in [6.07, 6.45) is 0. The number of nitrogens with one attached hydrogen (secondary N) is 2. The maximum absolute atomic E-state index is 11.0. The highest BCUT2D eigenvalue weighted by molar-refractivity contribution is 5.77. The van der Waals surface area contributed by atoms with Crippen LogP contribution >= 0.6 is 0 Å². The zero-order valence-corrected chi connectivity index (χ0v) is 8.46. The van der Waals surface area contributed by atoms with Crippen molar-refractivity contribution < 1.29 is 9.32 Å². The van der Waals surface area contributed by atoms with Crippen LogP contribution in [0.5, 0.6) is 0 Å². The van der Waals surface area contributed by atoms with E-state index in [0.717, 1.165) is 11.5 Å². The first-order valence-electron chi connectivity index (χ1n) is 4.62. The van der Waals surface area contributed by atoms with Crippen molar-refractivity contribution in [2.45, 2.75) is 20.4 Å². The molecule has 0 aliphatic rings. The molecule has 2 N–H and O–H groups in total. The van der Waals surface area contributed by atoms with Gasteiger partial charge < -0.3 is 15.2 Å². The molecule has 78 valence electrons. The minimum absolute atomic E-state index is 0.0104. The van der Waals surface area contributed by atoms with Gasteiger partial charge in [0.1, 0.15) is 0 Å². The van der Waals surface area contributed by atoms with Crippen molar-refractivity contribution in [1.82, 2.24) is 15.8 Å². The third kappa shape index (κ3) is 3.57. The van der Waals surface area contributed by atoms with Crippen LogP contribution in [0, 0.1) is 6.92 Å². The summed E-state index contributed by atoms with van der Waals surface area (Å²) >= 11 is 0. The Kier molecular flexibility index (Phi) is 4.12. The van der Waals surface area contributed by atoms with Crippen LogP contribution < -0.4 is 10.6 Å². The molecule has 1 heterocycles. The SMILES string of the molecule is CCNC(=O)CNCc1cc(C)no1. The van der Waals surface area contributed by atoms with Crippen LogP contribution in [0.1, 0.15) is 18.4 Å². The van der Waals surface area contributed by atoms with Crippen LogP contribution in [0.3, 0.4) is 0 Å². The van der Waals surface area contributed by atoms with Crippen molar-refractivity contribution in [2.75, 3.05) is 13.1 Å². The van der Waals surface area contributed by atoms with Gasteiger partial charge in [-0.25, -0.2) is 0 Å². The van der Waals surface area contributed by atoms with Crippen LogP contribution in [0.25, 0.3) is 0 Å². The molecule has 5 heteroatoms. The second-order valence-corrected chi connectivity index (χ2v) is 2.99. The molecule has 1 rings (SSSR count). The summed E-state index contributed by atoms with van der Waals surface area (Å²) in [5, 5.41) is 9.38. The molecule has 0 saturated heterocycles. The smallest absolute Gasteiger partial charge is 0.233 e. The highest BCUT2D eigenvalue weighted by Crippen LogP contribution is 2.00. The van der Waals surface area contributed by atoms with Gasteiger partial charge in [0.2, 0.25) is 5.91 Å². The number of amides is 1. The van der Waals surface area contributed by atoms with Gasteiger partial charge in [0.05, 0.1) is 18.8 Å². The lowest BCUT2D eigenvalue weighted by Gasteiger charge is -2.01. The van der Waals surface area contributed by atoms with Gasteiger partial charge in [-0.2, -0.15) is 0 Å². The number of aromatic nitrogens is 1. The zero-order valence-electron chi connectivity index (χ0n) is 8.46. The summed E-state index contributed by atoms with van der Waals surface area (Å²) in [7, 11) is 0. The number of hydrogen-bond acceptors (Lipinski definition) is 4. The average Bonchev–Trinajstić information content (AvgIpc) is 2.52. The predicted molar refractivity (Wildman–Crippen MR) is 51.6 cm³/mol. The average molecular weight is 197 g/mol. The van der Waals surface area contributed by atoms with E-state index in [1.165, 1.54) is 0 Å². The molecule has 0 atom stereocenters. The largest absolute Gasteiger partial charge is 0.360 e. The molecule has 14 heavy (non-hydrogen) atoms. The van der Waals surface area contributed by atoms with Gasteiger partial charge in [-0.15, -0.1) is 0 Å². The minimum atomic E-state index is -0.0104. The van der Waals surface area contributed by atoms with Gasteiger partial charge in [0.25, 0.3) is 0 Å². The first-order chi connectivity index (χ1) is 6.72. The molecule has 1 amide bonds. The second kappa shape index (κ2) is 5.39. The van der Waals surface area contributed by atoms with Crippen molar-refractivity contribution in [3.05, 3.63) is 17.5 Å². The molecule has 0 fully saturated rings. The number of aryl methyl sites for hydroxylation is 1. The third-order valence-corrected chi connectivity index (χ3v) is 1.64. The first-order valence-corrected chi connectivity index (χ1v) is 4.62. The van der Waals surface area contributed by atoms with E-state index >= 15 is 0 Å². The molecule has 5 nitrogen and oxygen atoms in total. The molecule has 0 aliphatic carbocycles. The number of hydrogen-bond donors (Lipinski definition) is 2. The molecule has 1 aromatic rings. The van der Waals surface area contributed by atoms with E-state index in [1.807, 2.05) is 19.9 Å². The zero-order chi connectivity index (χ0) is 10.4. The lowest BCUT2D eigenvalue weighted by molar-refractivity contribution is -0.120. The fourth-order valence-corrected chi connectivity index (χ4v) is 1.06.